The Hall–Kier alpha value is -1.58. The van der Waals surface area contributed by atoms with Gasteiger partial charge >= 0.3 is 11.9 Å². The van der Waals surface area contributed by atoms with Gasteiger partial charge in [-0.3, -0.25) is 9.59 Å². The predicted octanol–water partition coefficient (Wildman–Crippen LogP) is 16.1. The molecule has 0 amide bonds. The highest BCUT2D eigenvalue weighted by atomic mass is 16.4. The molecule has 0 aromatic rings. The maximum absolute atomic E-state index is 10.4. The Morgan fingerprint density at radius 3 is 0.680 bits per heavy atom. The molecular formula is C46H88O4. The van der Waals surface area contributed by atoms with Crippen molar-refractivity contribution in [3.8, 4) is 0 Å². The molecule has 0 atom stereocenters. The molecule has 4 nitrogen and oxygen atoms in total. The molecule has 50 heavy (non-hydrogen) atoms. The molecule has 0 saturated carbocycles. The first-order chi connectivity index (χ1) is 24.5. The topological polar surface area (TPSA) is 74.6 Å². The summed E-state index contributed by atoms with van der Waals surface area (Å²) in [6.45, 7) is 4.55. The number of allylic oxidation sites excluding steroid dienone is 4. The molecule has 0 aromatic heterocycles. The molecule has 0 aliphatic rings. The summed E-state index contributed by atoms with van der Waals surface area (Å²) >= 11 is 0. The second-order valence-electron chi connectivity index (χ2n) is 15.0. The zero-order valence-corrected chi connectivity index (χ0v) is 33.9. The monoisotopic (exact) mass is 705 g/mol. The van der Waals surface area contributed by atoms with E-state index in [-0.39, 0.29) is 0 Å². The van der Waals surface area contributed by atoms with E-state index in [9.17, 15) is 9.59 Å². The van der Waals surface area contributed by atoms with E-state index >= 15 is 0 Å². The third-order valence-electron chi connectivity index (χ3n) is 9.80. The molecule has 0 aromatic carbocycles. The highest BCUT2D eigenvalue weighted by molar-refractivity contribution is 5.66. The summed E-state index contributed by atoms with van der Waals surface area (Å²) in [5.41, 5.74) is 0. The summed E-state index contributed by atoms with van der Waals surface area (Å²) in [6, 6.07) is 0. The Balaban J connectivity index is 0. The van der Waals surface area contributed by atoms with Crippen LogP contribution in [0.4, 0.5) is 0 Å². The number of carbonyl (C=O) groups is 2. The van der Waals surface area contributed by atoms with E-state index in [0.29, 0.717) is 12.8 Å². The summed E-state index contributed by atoms with van der Waals surface area (Å²) < 4.78 is 0. The van der Waals surface area contributed by atoms with Crippen molar-refractivity contribution >= 4 is 11.9 Å². The number of unbranched alkanes of at least 4 members (excludes halogenated alkanes) is 32. The maximum atomic E-state index is 10.4. The number of hydrogen-bond acceptors (Lipinski definition) is 2. The van der Waals surface area contributed by atoms with Gasteiger partial charge in [0.05, 0.1) is 0 Å². The van der Waals surface area contributed by atoms with E-state index in [1.54, 1.807) is 0 Å². The van der Waals surface area contributed by atoms with Crippen LogP contribution in [0.5, 0.6) is 0 Å². The number of rotatable bonds is 40. The van der Waals surface area contributed by atoms with Crippen LogP contribution >= 0.6 is 0 Å². The lowest BCUT2D eigenvalue weighted by Gasteiger charge is -2.02. The summed E-state index contributed by atoms with van der Waals surface area (Å²) in [5, 5.41) is 17.1. The van der Waals surface area contributed by atoms with Crippen LogP contribution in [0.3, 0.4) is 0 Å². The lowest BCUT2D eigenvalue weighted by Crippen LogP contribution is -1.93. The van der Waals surface area contributed by atoms with Gasteiger partial charge in [-0.05, 0) is 64.2 Å². The van der Waals surface area contributed by atoms with Crippen LogP contribution in [0.25, 0.3) is 0 Å². The van der Waals surface area contributed by atoms with Gasteiger partial charge in [0.25, 0.3) is 0 Å². The third-order valence-corrected chi connectivity index (χ3v) is 9.80. The van der Waals surface area contributed by atoms with E-state index in [1.807, 2.05) is 0 Å². The number of hydrogen-bond donors (Lipinski definition) is 2. The Morgan fingerprint density at radius 2 is 0.480 bits per heavy atom. The van der Waals surface area contributed by atoms with Crippen LogP contribution in [0.15, 0.2) is 24.3 Å². The first kappa shape index (κ1) is 50.5. The predicted molar refractivity (Wildman–Crippen MR) is 220 cm³/mol. The fraction of sp³-hybridized carbons (Fsp3) is 0.870. The van der Waals surface area contributed by atoms with Crippen molar-refractivity contribution in [3.63, 3.8) is 0 Å². The van der Waals surface area contributed by atoms with Crippen LogP contribution in [-0.4, -0.2) is 22.2 Å². The zero-order chi connectivity index (χ0) is 36.9. The molecule has 0 aliphatic heterocycles. The number of aliphatic carboxylic acids is 2. The normalized spacial score (nSPS) is 11.4. The van der Waals surface area contributed by atoms with Crippen molar-refractivity contribution in [1.82, 2.24) is 0 Å². The van der Waals surface area contributed by atoms with E-state index in [2.05, 4.69) is 38.2 Å². The molecule has 0 rings (SSSR count). The van der Waals surface area contributed by atoms with Gasteiger partial charge in [-0.2, -0.15) is 0 Å². The van der Waals surface area contributed by atoms with Crippen LogP contribution in [0, 0.1) is 0 Å². The van der Waals surface area contributed by atoms with Gasteiger partial charge in [0.1, 0.15) is 0 Å². The summed E-state index contributed by atoms with van der Waals surface area (Å²) in [5.74, 6) is -1.31. The zero-order valence-electron chi connectivity index (χ0n) is 33.9. The molecule has 2 N–H and O–H groups in total. The Kier molecular flexibility index (Phi) is 47.9. The summed E-state index contributed by atoms with van der Waals surface area (Å²) in [7, 11) is 0. The quantitative estimate of drug-likeness (QED) is 0.0492. The minimum Gasteiger partial charge on any atom is -0.481 e. The van der Waals surface area contributed by atoms with Crippen molar-refractivity contribution in [3.05, 3.63) is 24.3 Å². The average Bonchev–Trinajstić information content (AvgIpc) is 3.10. The Bertz CT molecular complexity index is 713. The first-order valence-electron chi connectivity index (χ1n) is 22.3. The van der Waals surface area contributed by atoms with Gasteiger partial charge in [-0.15, -0.1) is 0 Å². The van der Waals surface area contributed by atoms with Crippen molar-refractivity contribution < 1.29 is 19.8 Å². The highest BCUT2D eigenvalue weighted by Gasteiger charge is 1.98. The molecule has 0 bridgehead atoms. The van der Waals surface area contributed by atoms with Crippen LogP contribution in [0.2, 0.25) is 0 Å². The van der Waals surface area contributed by atoms with Crippen LogP contribution in [-0.2, 0) is 9.59 Å². The fourth-order valence-electron chi connectivity index (χ4n) is 6.46. The number of carboxylic acids is 2. The second-order valence-corrected chi connectivity index (χ2v) is 15.0. The lowest BCUT2D eigenvalue weighted by atomic mass is 10.0. The van der Waals surface area contributed by atoms with Crippen molar-refractivity contribution in [2.24, 2.45) is 0 Å². The molecule has 0 unspecified atom stereocenters. The molecule has 0 aliphatic carbocycles. The van der Waals surface area contributed by atoms with Gasteiger partial charge < -0.3 is 10.2 Å². The summed E-state index contributed by atoms with van der Waals surface area (Å²) in [4.78, 5) is 20.8. The molecule has 296 valence electrons. The maximum Gasteiger partial charge on any atom is 0.303 e. The number of carboxylic acid groups (broad SMARTS) is 2. The average molecular weight is 705 g/mol. The molecule has 0 spiro atoms. The lowest BCUT2D eigenvalue weighted by molar-refractivity contribution is -0.138. The van der Waals surface area contributed by atoms with Gasteiger partial charge in [0.15, 0.2) is 0 Å². The molecule has 0 saturated heterocycles. The van der Waals surface area contributed by atoms with Gasteiger partial charge in [-0.25, -0.2) is 0 Å². The third kappa shape index (κ3) is 53.2. The van der Waals surface area contributed by atoms with E-state index in [0.717, 1.165) is 25.7 Å². The van der Waals surface area contributed by atoms with Gasteiger partial charge in [-0.1, -0.05) is 205 Å². The SMILES string of the molecule is CCCCCCCC/C=C/CCCCCCCCCCCC(=O)O.CCCCCCCC/C=C\CCCCCCCCCCCCCC(=O)O. The smallest absolute Gasteiger partial charge is 0.303 e. The van der Waals surface area contributed by atoms with E-state index < -0.39 is 11.9 Å². The van der Waals surface area contributed by atoms with E-state index in [4.69, 9.17) is 10.2 Å². The standard InChI is InChI=1S/C24H46O2.C22H42O2/c1-2-3-4-5-6-7-8-9-10-11-12-13-14-15-16-17-18-19-20-21-22-23-24(25)26;1-2-3-4-5-6-7-8-9-10-11-12-13-14-15-16-17-18-19-20-21-22(23)24/h9-10H,2-8,11-23H2,1H3,(H,25,26);9-10H,2-8,11-21H2,1H3,(H,23,24)/b10-9-;10-9+. The fourth-order valence-corrected chi connectivity index (χ4v) is 6.46. The molecular weight excluding hydrogens is 617 g/mol. The summed E-state index contributed by atoms with van der Waals surface area (Å²) in [6.07, 6.45) is 57.2. The Labute approximate surface area is 313 Å². The van der Waals surface area contributed by atoms with Gasteiger partial charge in [0, 0.05) is 12.8 Å². The minimum absolute atomic E-state index is 0.340. The molecule has 0 fully saturated rings. The minimum atomic E-state index is -0.656. The Morgan fingerprint density at radius 1 is 0.300 bits per heavy atom. The highest BCUT2D eigenvalue weighted by Crippen LogP contribution is 2.14. The second kappa shape index (κ2) is 47.4. The first-order valence-corrected chi connectivity index (χ1v) is 22.3. The van der Waals surface area contributed by atoms with Crippen LogP contribution in [0.1, 0.15) is 258 Å². The molecule has 0 heterocycles. The van der Waals surface area contributed by atoms with Crippen molar-refractivity contribution in [2.45, 2.75) is 258 Å². The van der Waals surface area contributed by atoms with Crippen molar-refractivity contribution in [2.75, 3.05) is 0 Å². The molecule has 0 radical (unpaired) electrons. The van der Waals surface area contributed by atoms with Crippen LogP contribution < -0.4 is 0 Å². The molecule has 4 heteroatoms. The van der Waals surface area contributed by atoms with Gasteiger partial charge in [0.2, 0.25) is 0 Å². The largest absolute Gasteiger partial charge is 0.481 e. The van der Waals surface area contributed by atoms with E-state index in [1.165, 1.54) is 205 Å². The van der Waals surface area contributed by atoms with Crippen molar-refractivity contribution in [1.29, 1.82) is 0 Å².